The molecule has 2 fully saturated rings. The van der Waals surface area contributed by atoms with Gasteiger partial charge < -0.3 is 15.4 Å². The average Bonchev–Trinajstić information content (AvgIpc) is 3.39. The number of carbonyl (C=O) groups is 4. The molecule has 3 aliphatic heterocycles. The zero-order valence-electron chi connectivity index (χ0n) is 21.6. The molecule has 2 aromatic carbocycles. The summed E-state index contributed by atoms with van der Waals surface area (Å²) in [6.45, 7) is 8.80. The second-order valence-corrected chi connectivity index (χ2v) is 11.2. The highest BCUT2D eigenvalue weighted by atomic mass is 16.5. The number of amides is 3. The van der Waals surface area contributed by atoms with Crippen LogP contribution in [0.4, 0.5) is 11.4 Å². The van der Waals surface area contributed by atoms with Crippen LogP contribution in [0.25, 0.3) is 0 Å². The predicted molar refractivity (Wildman–Crippen MR) is 139 cm³/mol. The molecule has 192 valence electrons. The van der Waals surface area contributed by atoms with Gasteiger partial charge in [0, 0.05) is 22.5 Å². The second-order valence-electron chi connectivity index (χ2n) is 11.2. The highest BCUT2D eigenvalue weighted by Crippen LogP contribution is 2.60. The molecule has 5 rings (SSSR count). The molecule has 0 saturated carbocycles. The Labute approximate surface area is 216 Å². The maximum Gasteiger partial charge on any atom is 0.246 e. The number of carbonyl (C=O) groups excluding carboxylic acids is 4. The van der Waals surface area contributed by atoms with Crippen LogP contribution in [-0.4, -0.2) is 46.3 Å². The Morgan fingerprint density at radius 3 is 2.32 bits per heavy atom. The first-order chi connectivity index (χ1) is 17.4. The molecule has 2 bridgehead atoms. The molecular formula is C29H31N3O5. The van der Waals surface area contributed by atoms with E-state index in [1.807, 2.05) is 39.0 Å². The standard InChI is InChI=1S/C29H31N3O5/c1-17(33)18-10-9-13-20(16-18)32-23(25(35)31-27(2,3)4)29-15-14-28(5,37-29)21(22(29)26(32)36)24(34)30-19-11-7-6-8-12-19/h6-16,21-23H,1-5H3,(H,30,34)(H,31,35)/t21-,22+,23-,28+,29-/m0/s1. The van der Waals surface area contributed by atoms with Gasteiger partial charge >= 0.3 is 0 Å². The third kappa shape index (κ3) is 3.96. The molecular weight excluding hydrogens is 470 g/mol. The van der Waals surface area contributed by atoms with Crippen LogP contribution >= 0.6 is 0 Å². The number of rotatable bonds is 5. The zero-order chi connectivity index (χ0) is 26.8. The van der Waals surface area contributed by atoms with Gasteiger partial charge in [-0.25, -0.2) is 0 Å². The quantitative estimate of drug-likeness (QED) is 0.482. The summed E-state index contributed by atoms with van der Waals surface area (Å²) in [5.74, 6) is -3.09. The molecule has 8 nitrogen and oxygen atoms in total. The fourth-order valence-electron chi connectivity index (χ4n) is 5.87. The molecule has 2 aromatic rings. The van der Waals surface area contributed by atoms with Crippen molar-refractivity contribution in [3.05, 3.63) is 72.3 Å². The van der Waals surface area contributed by atoms with Gasteiger partial charge in [-0.2, -0.15) is 0 Å². The molecule has 0 unspecified atom stereocenters. The summed E-state index contributed by atoms with van der Waals surface area (Å²) in [5, 5.41) is 5.91. The number of Topliss-reactive ketones (excluding diaryl/α,β-unsaturated/α-hetero) is 1. The summed E-state index contributed by atoms with van der Waals surface area (Å²) in [4.78, 5) is 55.2. The molecule has 3 amide bonds. The first-order valence-corrected chi connectivity index (χ1v) is 12.4. The van der Waals surface area contributed by atoms with E-state index >= 15 is 0 Å². The van der Waals surface area contributed by atoms with E-state index in [1.165, 1.54) is 11.8 Å². The van der Waals surface area contributed by atoms with Gasteiger partial charge in [0.25, 0.3) is 0 Å². The zero-order valence-corrected chi connectivity index (χ0v) is 21.6. The van der Waals surface area contributed by atoms with Crippen molar-refractivity contribution in [2.24, 2.45) is 11.8 Å². The van der Waals surface area contributed by atoms with E-state index in [2.05, 4.69) is 10.6 Å². The monoisotopic (exact) mass is 501 g/mol. The molecule has 5 atom stereocenters. The van der Waals surface area contributed by atoms with E-state index in [9.17, 15) is 19.2 Å². The number of nitrogens with one attached hydrogen (secondary N) is 2. The van der Waals surface area contributed by atoms with Crippen LogP contribution in [0.3, 0.4) is 0 Å². The van der Waals surface area contributed by atoms with Crippen molar-refractivity contribution in [1.82, 2.24) is 5.32 Å². The van der Waals surface area contributed by atoms with Crippen LogP contribution in [0.15, 0.2) is 66.7 Å². The topological polar surface area (TPSA) is 105 Å². The van der Waals surface area contributed by atoms with Crippen molar-refractivity contribution in [2.75, 3.05) is 10.2 Å². The normalized spacial score (nSPS) is 29.8. The summed E-state index contributed by atoms with van der Waals surface area (Å²) in [6, 6.07) is 14.6. The first kappa shape index (κ1) is 24.9. The number of hydrogen-bond acceptors (Lipinski definition) is 5. The molecule has 37 heavy (non-hydrogen) atoms. The van der Waals surface area contributed by atoms with Gasteiger partial charge in [-0.15, -0.1) is 0 Å². The maximum atomic E-state index is 14.2. The van der Waals surface area contributed by atoms with Crippen LogP contribution < -0.4 is 15.5 Å². The SMILES string of the molecule is CC(=O)c1cccc(N2C(=O)[C@H]3[C@@H](C(=O)Nc4ccccc4)[C@@]4(C)C=C[C@@]3(O4)[C@@H]2C(=O)NC(C)(C)C)c1. The van der Waals surface area contributed by atoms with Gasteiger partial charge in [-0.05, 0) is 58.9 Å². The Hall–Kier alpha value is -3.78. The highest BCUT2D eigenvalue weighted by Gasteiger charge is 2.76. The van der Waals surface area contributed by atoms with Gasteiger partial charge in [0.05, 0.1) is 17.4 Å². The maximum absolute atomic E-state index is 14.2. The van der Waals surface area contributed by atoms with Crippen LogP contribution in [0.5, 0.6) is 0 Å². The van der Waals surface area contributed by atoms with Crippen LogP contribution in [0.1, 0.15) is 45.0 Å². The average molecular weight is 502 g/mol. The van der Waals surface area contributed by atoms with E-state index < -0.39 is 46.4 Å². The van der Waals surface area contributed by atoms with Crippen molar-refractivity contribution < 1.29 is 23.9 Å². The number of fused-ring (bicyclic) bond motifs is 1. The summed E-state index contributed by atoms with van der Waals surface area (Å²) in [5.41, 5.74) is -1.55. The van der Waals surface area contributed by atoms with Gasteiger partial charge in [0.15, 0.2) is 5.78 Å². The second kappa shape index (κ2) is 8.38. The number of hydrogen-bond donors (Lipinski definition) is 2. The van der Waals surface area contributed by atoms with Crippen molar-refractivity contribution in [2.45, 2.75) is 57.4 Å². The van der Waals surface area contributed by atoms with Gasteiger partial charge in [-0.3, -0.25) is 24.1 Å². The number of nitrogens with zero attached hydrogens (tertiary/aromatic N) is 1. The first-order valence-electron chi connectivity index (χ1n) is 12.4. The Balaban J connectivity index is 1.61. The summed E-state index contributed by atoms with van der Waals surface area (Å²) < 4.78 is 6.53. The third-order valence-corrected chi connectivity index (χ3v) is 7.30. The molecule has 2 saturated heterocycles. The lowest BCUT2D eigenvalue weighted by atomic mass is 9.70. The smallest absolute Gasteiger partial charge is 0.246 e. The number of anilines is 2. The molecule has 0 aliphatic carbocycles. The molecule has 1 spiro atoms. The molecule has 0 aromatic heterocycles. The molecule has 8 heteroatoms. The molecule has 0 radical (unpaired) electrons. The van der Waals surface area contributed by atoms with E-state index in [4.69, 9.17) is 4.74 Å². The Kier molecular flexibility index (Phi) is 5.64. The summed E-state index contributed by atoms with van der Waals surface area (Å²) in [6.07, 6.45) is 3.56. The van der Waals surface area contributed by atoms with E-state index in [-0.39, 0.29) is 11.7 Å². The fraction of sp³-hybridized carbons (Fsp3) is 0.379. The lowest BCUT2D eigenvalue weighted by molar-refractivity contribution is -0.131. The summed E-state index contributed by atoms with van der Waals surface area (Å²) >= 11 is 0. The summed E-state index contributed by atoms with van der Waals surface area (Å²) in [7, 11) is 0. The molecule has 2 N–H and O–H groups in total. The number of benzene rings is 2. The van der Waals surface area contributed by atoms with Crippen LogP contribution in [0, 0.1) is 11.8 Å². The lowest BCUT2D eigenvalue weighted by Gasteiger charge is -2.35. The Bertz CT molecular complexity index is 1330. The van der Waals surface area contributed by atoms with E-state index in [1.54, 1.807) is 55.5 Å². The predicted octanol–water partition coefficient (Wildman–Crippen LogP) is 3.49. The van der Waals surface area contributed by atoms with Crippen molar-refractivity contribution in [3.63, 3.8) is 0 Å². The number of para-hydroxylation sites is 1. The van der Waals surface area contributed by atoms with Gasteiger partial charge in [0.2, 0.25) is 17.7 Å². The fourth-order valence-corrected chi connectivity index (χ4v) is 5.87. The van der Waals surface area contributed by atoms with Gasteiger partial charge in [0.1, 0.15) is 11.6 Å². The van der Waals surface area contributed by atoms with Crippen molar-refractivity contribution in [3.8, 4) is 0 Å². The largest absolute Gasteiger partial charge is 0.356 e. The Morgan fingerprint density at radius 2 is 1.68 bits per heavy atom. The highest BCUT2D eigenvalue weighted by molar-refractivity contribution is 6.12. The minimum atomic E-state index is -1.34. The Morgan fingerprint density at radius 1 is 0.973 bits per heavy atom. The minimum Gasteiger partial charge on any atom is -0.356 e. The van der Waals surface area contributed by atoms with Crippen molar-refractivity contribution >= 4 is 34.9 Å². The number of ether oxygens (including phenoxy) is 1. The van der Waals surface area contributed by atoms with Crippen LogP contribution in [-0.2, 0) is 19.1 Å². The van der Waals surface area contributed by atoms with Gasteiger partial charge in [-0.1, -0.05) is 42.5 Å². The molecule has 3 heterocycles. The lowest BCUT2D eigenvalue weighted by Crippen LogP contribution is -2.58. The number of ketones is 1. The van der Waals surface area contributed by atoms with Crippen molar-refractivity contribution in [1.29, 1.82) is 0 Å². The van der Waals surface area contributed by atoms with Crippen LogP contribution in [0.2, 0.25) is 0 Å². The van der Waals surface area contributed by atoms with E-state index in [0.717, 1.165) is 0 Å². The third-order valence-electron chi connectivity index (χ3n) is 7.30. The molecule has 3 aliphatic rings. The van der Waals surface area contributed by atoms with E-state index in [0.29, 0.717) is 16.9 Å². The minimum absolute atomic E-state index is 0.160.